The highest BCUT2D eigenvalue weighted by atomic mass is 79.9. The van der Waals surface area contributed by atoms with E-state index in [1.54, 1.807) is 0 Å². The van der Waals surface area contributed by atoms with Crippen LogP contribution in [0.1, 0.15) is 25.6 Å². The van der Waals surface area contributed by atoms with Crippen molar-refractivity contribution in [3.8, 4) is 11.3 Å². The fourth-order valence-corrected chi connectivity index (χ4v) is 2.45. The number of aromatic nitrogens is 3. The zero-order valence-electron chi connectivity index (χ0n) is 11.3. The predicted octanol–water partition coefficient (Wildman–Crippen LogP) is 4.58. The van der Waals surface area contributed by atoms with Crippen molar-refractivity contribution in [2.24, 2.45) is 0 Å². The van der Waals surface area contributed by atoms with Gasteiger partial charge in [-0.25, -0.2) is 9.97 Å². The molecule has 0 unspecified atom stereocenters. The maximum atomic E-state index is 4.63. The Bertz CT molecular complexity index is 769. The van der Waals surface area contributed by atoms with Gasteiger partial charge in [0.15, 0.2) is 0 Å². The molecule has 0 spiro atoms. The Balaban J connectivity index is 2.15. The maximum absolute atomic E-state index is 4.63. The third-order valence-electron chi connectivity index (χ3n) is 3.11. The first-order valence-corrected chi connectivity index (χ1v) is 7.32. The lowest BCUT2D eigenvalue weighted by molar-refractivity contribution is 0.771. The summed E-state index contributed by atoms with van der Waals surface area (Å²) in [5.41, 5.74) is 2.90. The van der Waals surface area contributed by atoms with E-state index in [9.17, 15) is 0 Å². The molecule has 20 heavy (non-hydrogen) atoms. The minimum atomic E-state index is 0.291. The summed E-state index contributed by atoms with van der Waals surface area (Å²) in [6, 6.07) is 12.1. The van der Waals surface area contributed by atoms with E-state index in [1.807, 2.05) is 30.5 Å². The van der Waals surface area contributed by atoms with Gasteiger partial charge in [0.25, 0.3) is 0 Å². The van der Waals surface area contributed by atoms with Crippen LogP contribution >= 0.6 is 15.9 Å². The maximum Gasteiger partial charge on any atom is 0.132 e. The molecule has 0 N–H and O–H groups in total. The molecule has 0 bridgehead atoms. The van der Waals surface area contributed by atoms with E-state index in [0.717, 1.165) is 32.6 Å². The van der Waals surface area contributed by atoms with Crippen molar-refractivity contribution >= 4 is 26.8 Å². The van der Waals surface area contributed by atoms with E-state index in [4.69, 9.17) is 0 Å². The molecule has 0 aliphatic rings. The molecule has 1 aromatic carbocycles. The molecule has 4 heteroatoms. The molecule has 0 saturated heterocycles. The minimum Gasteiger partial charge on any atom is -0.256 e. The molecular weight excluding hydrogens is 314 g/mol. The van der Waals surface area contributed by atoms with E-state index in [0.29, 0.717) is 5.92 Å². The third-order valence-corrected chi connectivity index (χ3v) is 3.52. The van der Waals surface area contributed by atoms with Gasteiger partial charge in [-0.2, -0.15) is 0 Å². The van der Waals surface area contributed by atoms with Crippen LogP contribution in [0.15, 0.2) is 47.2 Å². The van der Waals surface area contributed by atoms with Crippen LogP contribution < -0.4 is 0 Å². The lowest BCUT2D eigenvalue weighted by Gasteiger charge is -2.08. The van der Waals surface area contributed by atoms with Gasteiger partial charge in [-0.1, -0.05) is 32.0 Å². The molecule has 0 atom stereocenters. The van der Waals surface area contributed by atoms with Crippen molar-refractivity contribution in [1.82, 2.24) is 15.0 Å². The second kappa shape index (κ2) is 5.29. The van der Waals surface area contributed by atoms with Gasteiger partial charge in [0.1, 0.15) is 10.4 Å². The highest BCUT2D eigenvalue weighted by molar-refractivity contribution is 9.10. The Hall–Kier alpha value is -1.81. The molecule has 100 valence electrons. The average molecular weight is 328 g/mol. The Kier molecular flexibility index (Phi) is 3.49. The van der Waals surface area contributed by atoms with E-state index >= 15 is 0 Å². The average Bonchev–Trinajstić information content (AvgIpc) is 2.46. The van der Waals surface area contributed by atoms with Crippen molar-refractivity contribution in [3.05, 3.63) is 53.0 Å². The Morgan fingerprint density at radius 2 is 1.85 bits per heavy atom. The smallest absolute Gasteiger partial charge is 0.132 e. The van der Waals surface area contributed by atoms with E-state index in [1.165, 1.54) is 0 Å². The zero-order valence-corrected chi connectivity index (χ0v) is 12.9. The highest BCUT2D eigenvalue weighted by Gasteiger charge is 2.09. The predicted molar refractivity (Wildman–Crippen MR) is 84.6 cm³/mol. The van der Waals surface area contributed by atoms with Crippen molar-refractivity contribution in [1.29, 1.82) is 0 Å². The summed E-state index contributed by atoms with van der Waals surface area (Å²) < 4.78 is 0.805. The summed E-state index contributed by atoms with van der Waals surface area (Å²) in [7, 11) is 0. The van der Waals surface area contributed by atoms with Crippen LogP contribution in [0.2, 0.25) is 0 Å². The number of hydrogen-bond donors (Lipinski definition) is 0. The van der Waals surface area contributed by atoms with Gasteiger partial charge in [-0.3, -0.25) is 4.98 Å². The lowest BCUT2D eigenvalue weighted by atomic mass is 10.1. The molecule has 0 saturated carbocycles. The molecule has 3 aromatic rings. The Morgan fingerprint density at radius 1 is 1.05 bits per heavy atom. The number of nitrogens with zero attached hydrogens (tertiary/aromatic N) is 3. The van der Waals surface area contributed by atoms with Gasteiger partial charge in [-0.05, 0) is 34.1 Å². The van der Waals surface area contributed by atoms with Gasteiger partial charge in [0.05, 0.1) is 11.2 Å². The van der Waals surface area contributed by atoms with Gasteiger partial charge in [-0.15, -0.1) is 0 Å². The normalized spacial score (nSPS) is 11.2. The van der Waals surface area contributed by atoms with Crippen LogP contribution in [0.25, 0.3) is 22.2 Å². The summed E-state index contributed by atoms with van der Waals surface area (Å²) in [5.74, 6) is 1.13. The Labute approximate surface area is 126 Å². The topological polar surface area (TPSA) is 38.7 Å². The SMILES string of the molecule is CC(C)c1nc(Br)cc(-c2cnc3ccccc3c2)n1. The standard InChI is InChI=1S/C16H14BrN3/c1-10(2)16-19-14(8-15(17)20-16)12-7-11-5-3-4-6-13(11)18-9-12/h3-10H,1-2H3. The van der Waals surface area contributed by atoms with Gasteiger partial charge >= 0.3 is 0 Å². The highest BCUT2D eigenvalue weighted by Crippen LogP contribution is 2.24. The summed E-state index contributed by atoms with van der Waals surface area (Å²) in [4.78, 5) is 13.5. The van der Waals surface area contributed by atoms with Crippen LogP contribution in [0.4, 0.5) is 0 Å². The van der Waals surface area contributed by atoms with Crippen LogP contribution in [-0.2, 0) is 0 Å². The number of fused-ring (bicyclic) bond motifs is 1. The van der Waals surface area contributed by atoms with Crippen molar-refractivity contribution in [2.75, 3.05) is 0 Å². The summed E-state index contributed by atoms with van der Waals surface area (Å²) >= 11 is 3.46. The first-order valence-electron chi connectivity index (χ1n) is 6.53. The zero-order chi connectivity index (χ0) is 14.1. The first kappa shape index (κ1) is 13.2. The quantitative estimate of drug-likeness (QED) is 0.647. The third kappa shape index (κ3) is 2.56. The largest absolute Gasteiger partial charge is 0.256 e. The van der Waals surface area contributed by atoms with E-state index in [2.05, 4.69) is 56.9 Å². The van der Waals surface area contributed by atoms with Crippen molar-refractivity contribution < 1.29 is 0 Å². The van der Waals surface area contributed by atoms with Crippen molar-refractivity contribution in [3.63, 3.8) is 0 Å². The number of hydrogen-bond acceptors (Lipinski definition) is 3. The number of halogens is 1. The first-order chi connectivity index (χ1) is 9.63. The molecule has 3 nitrogen and oxygen atoms in total. The number of benzene rings is 1. The minimum absolute atomic E-state index is 0.291. The second-order valence-corrected chi connectivity index (χ2v) is 5.82. The van der Waals surface area contributed by atoms with Crippen molar-refractivity contribution in [2.45, 2.75) is 19.8 Å². The van der Waals surface area contributed by atoms with E-state index in [-0.39, 0.29) is 0 Å². The fraction of sp³-hybridized carbons (Fsp3) is 0.188. The van der Waals surface area contributed by atoms with Gasteiger partial charge < -0.3 is 0 Å². The molecule has 2 heterocycles. The molecular formula is C16H14BrN3. The van der Waals surface area contributed by atoms with E-state index < -0.39 is 0 Å². The molecule has 2 aromatic heterocycles. The molecule has 0 fully saturated rings. The fourth-order valence-electron chi connectivity index (χ4n) is 2.05. The van der Waals surface area contributed by atoms with Crippen LogP contribution in [0, 0.1) is 0 Å². The van der Waals surface area contributed by atoms with Gasteiger partial charge in [0, 0.05) is 23.1 Å². The number of rotatable bonds is 2. The summed E-state index contributed by atoms with van der Waals surface area (Å²) in [5, 5.41) is 1.12. The summed E-state index contributed by atoms with van der Waals surface area (Å²) in [6.07, 6.45) is 1.86. The second-order valence-electron chi connectivity index (χ2n) is 5.01. The van der Waals surface area contributed by atoms with Crippen LogP contribution in [0.3, 0.4) is 0 Å². The summed E-state index contributed by atoms with van der Waals surface area (Å²) in [6.45, 7) is 4.17. The van der Waals surface area contributed by atoms with Crippen LogP contribution in [-0.4, -0.2) is 15.0 Å². The lowest BCUT2D eigenvalue weighted by Crippen LogP contribution is -1.99. The van der Waals surface area contributed by atoms with Gasteiger partial charge in [0.2, 0.25) is 0 Å². The molecule has 0 radical (unpaired) electrons. The monoisotopic (exact) mass is 327 g/mol. The number of pyridine rings is 1. The molecule has 0 aliphatic carbocycles. The van der Waals surface area contributed by atoms with Crippen LogP contribution in [0.5, 0.6) is 0 Å². The molecule has 3 rings (SSSR count). The number of para-hydroxylation sites is 1. The Morgan fingerprint density at radius 3 is 2.65 bits per heavy atom. The molecule has 0 aliphatic heterocycles. The molecule has 0 amide bonds.